The maximum atomic E-state index is 7.74. The van der Waals surface area contributed by atoms with Crippen molar-refractivity contribution in [3.05, 3.63) is 136 Å². The molecule has 2 radical (unpaired) electrons. The van der Waals surface area contributed by atoms with Crippen molar-refractivity contribution in [2.75, 3.05) is 0 Å². The molecule has 2 saturated heterocycles. The third-order valence-corrected chi connectivity index (χ3v) is 15.7. The van der Waals surface area contributed by atoms with E-state index in [1.165, 1.54) is 93.2 Å². The minimum Gasteiger partial charge on any atom is -0.400 e. The third kappa shape index (κ3) is 6.34. The highest BCUT2D eigenvalue weighted by molar-refractivity contribution is 6.62. The van der Waals surface area contributed by atoms with Crippen molar-refractivity contribution < 1.29 is 18.6 Å². The number of hydrogen-bond acceptors (Lipinski definition) is 4. The SMILES string of the molecule is [B]C1(CCCCCCCC)c2ccccc2-c2cc3c(cc21)-c1ccccc1C3(C1=CC=C(B2OC(C)(C)C(C)(C)O2)C(C)C1)c1ccc(B2OC(C)(C)C(C)(C)O2)cc1. The van der Waals surface area contributed by atoms with E-state index >= 15 is 0 Å². The largest absolute Gasteiger partial charge is 0.494 e. The first kappa shape index (κ1) is 41.7. The highest BCUT2D eigenvalue weighted by atomic mass is 16.7. The van der Waals surface area contributed by atoms with Gasteiger partial charge in [-0.05, 0) is 147 Å². The van der Waals surface area contributed by atoms with Crippen LogP contribution >= 0.6 is 0 Å². The number of benzene rings is 4. The van der Waals surface area contributed by atoms with Crippen molar-refractivity contribution in [3.63, 3.8) is 0 Å². The van der Waals surface area contributed by atoms with Gasteiger partial charge in [0.1, 0.15) is 0 Å². The number of hydrogen-bond donors (Lipinski definition) is 0. The quantitative estimate of drug-likeness (QED) is 0.112. The van der Waals surface area contributed by atoms with Gasteiger partial charge in [-0.2, -0.15) is 0 Å². The smallest absolute Gasteiger partial charge is 0.400 e. The summed E-state index contributed by atoms with van der Waals surface area (Å²) in [6, 6.07) is 32.1. The molecule has 2 fully saturated rings. The van der Waals surface area contributed by atoms with Crippen molar-refractivity contribution in [3.8, 4) is 22.3 Å². The molecule has 2 aliphatic heterocycles. The Balaban J connectivity index is 1.22. The molecule has 4 aromatic rings. The second kappa shape index (κ2) is 14.8. The molecule has 0 amide bonds. The molecule has 0 N–H and O–H groups in total. The van der Waals surface area contributed by atoms with Gasteiger partial charge >= 0.3 is 14.2 Å². The van der Waals surface area contributed by atoms with Gasteiger partial charge in [0, 0.05) is 0 Å². The van der Waals surface area contributed by atoms with Gasteiger partial charge in [0.2, 0.25) is 0 Å². The lowest BCUT2D eigenvalue weighted by molar-refractivity contribution is 0.00578. The molecule has 3 atom stereocenters. The lowest BCUT2D eigenvalue weighted by Gasteiger charge is -2.39. The Morgan fingerprint density at radius 1 is 0.567 bits per heavy atom. The lowest BCUT2D eigenvalue weighted by atomic mass is 9.58. The second-order valence-corrected chi connectivity index (χ2v) is 20.5. The molecule has 2 heterocycles. The minimum atomic E-state index is -0.560. The van der Waals surface area contributed by atoms with Crippen LogP contribution in [-0.2, 0) is 29.3 Å². The zero-order valence-corrected chi connectivity index (χ0v) is 37.8. The molecule has 4 aromatic carbocycles. The average Bonchev–Trinajstić information content (AvgIpc) is 3.80. The monoisotopic (exact) mass is 797 g/mol. The molecule has 0 spiro atoms. The zero-order chi connectivity index (χ0) is 42.5. The Hall–Kier alpha value is -3.61. The standard InChI is InChI=1S/C53H63B3O4/c1-11-12-13-14-15-20-31-52(54)43-23-18-16-21-39(43)41-34-46-42(33-45(41)52)40-22-17-19-24-44(40)53(46,36-25-28-38(29-26-36)55-57-48(3,4)49(5,6)58-55)37-27-30-47(35(2)32-37)56-59-50(7,8)51(9,10)60-56/h16-19,21-30,33-35H,11-15,20,31-32H2,1-10H3. The summed E-state index contributed by atoms with van der Waals surface area (Å²) in [6.07, 6.45) is 13.9. The van der Waals surface area contributed by atoms with E-state index in [4.69, 9.17) is 26.5 Å². The zero-order valence-electron chi connectivity index (χ0n) is 37.8. The van der Waals surface area contributed by atoms with Gasteiger partial charge in [0.25, 0.3) is 0 Å². The maximum Gasteiger partial charge on any atom is 0.494 e. The average molecular weight is 797 g/mol. The van der Waals surface area contributed by atoms with E-state index in [1.807, 2.05) is 0 Å². The molecule has 308 valence electrons. The molecule has 9 rings (SSSR count). The summed E-state index contributed by atoms with van der Waals surface area (Å²) in [7, 11) is 6.92. The first-order chi connectivity index (χ1) is 28.4. The third-order valence-electron chi connectivity index (χ3n) is 15.7. The fourth-order valence-corrected chi connectivity index (χ4v) is 10.8. The van der Waals surface area contributed by atoms with E-state index in [-0.39, 0.29) is 13.0 Å². The molecule has 0 saturated carbocycles. The topological polar surface area (TPSA) is 36.9 Å². The fourth-order valence-electron chi connectivity index (χ4n) is 10.8. The van der Waals surface area contributed by atoms with Crippen molar-refractivity contribution in [2.24, 2.45) is 5.92 Å². The molecule has 3 aliphatic carbocycles. The molecule has 3 unspecified atom stereocenters. The van der Waals surface area contributed by atoms with Crippen molar-refractivity contribution in [2.45, 2.75) is 154 Å². The number of rotatable bonds is 11. The number of fused-ring (bicyclic) bond motifs is 6. The first-order valence-electron chi connectivity index (χ1n) is 22.9. The Kier molecular flexibility index (Phi) is 10.3. The van der Waals surface area contributed by atoms with Crippen LogP contribution in [0, 0.1) is 5.92 Å². The molecule has 5 aliphatic rings. The molecule has 0 aromatic heterocycles. The summed E-state index contributed by atoms with van der Waals surface area (Å²) >= 11 is 0. The normalized spacial score (nSPS) is 26.3. The van der Waals surface area contributed by atoms with Gasteiger partial charge in [-0.3, -0.25) is 0 Å². The Morgan fingerprint density at radius 2 is 1.08 bits per heavy atom. The Labute approximate surface area is 362 Å². The van der Waals surface area contributed by atoms with Crippen LogP contribution in [-0.4, -0.2) is 44.5 Å². The predicted molar refractivity (Wildman–Crippen MR) is 250 cm³/mol. The molecular formula is C53H63B3O4. The fraction of sp³-hybridized carbons (Fsp3) is 0.472. The van der Waals surface area contributed by atoms with E-state index < -0.39 is 40.3 Å². The van der Waals surface area contributed by atoms with Gasteiger partial charge in [-0.15, -0.1) is 0 Å². The van der Waals surface area contributed by atoms with Gasteiger partial charge < -0.3 is 18.6 Å². The molecule has 7 heteroatoms. The summed E-state index contributed by atoms with van der Waals surface area (Å²) < 4.78 is 26.4. The molecule has 4 nitrogen and oxygen atoms in total. The van der Waals surface area contributed by atoms with E-state index in [2.05, 4.69) is 166 Å². The van der Waals surface area contributed by atoms with Crippen LogP contribution in [0.2, 0.25) is 0 Å². The van der Waals surface area contributed by atoms with Gasteiger partial charge in [-0.1, -0.05) is 149 Å². The van der Waals surface area contributed by atoms with E-state index in [9.17, 15) is 0 Å². The van der Waals surface area contributed by atoms with E-state index in [0.717, 1.165) is 24.7 Å². The first-order valence-corrected chi connectivity index (χ1v) is 22.9. The summed E-state index contributed by atoms with van der Waals surface area (Å²) in [6.45, 7) is 21.6. The second-order valence-electron chi connectivity index (χ2n) is 20.5. The maximum absolute atomic E-state index is 7.74. The number of unbranched alkanes of at least 4 members (excludes halogenated alkanes) is 5. The van der Waals surface area contributed by atoms with Crippen molar-refractivity contribution in [1.82, 2.24) is 0 Å². The lowest BCUT2D eigenvalue weighted by Crippen LogP contribution is -2.41. The summed E-state index contributed by atoms with van der Waals surface area (Å²) in [5.41, 5.74) is 12.8. The van der Waals surface area contributed by atoms with E-state index in [0.29, 0.717) is 0 Å². The Morgan fingerprint density at radius 3 is 1.70 bits per heavy atom. The van der Waals surface area contributed by atoms with Crippen LogP contribution < -0.4 is 5.46 Å². The molecule has 0 bridgehead atoms. The van der Waals surface area contributed by atoms with Crippen LogP contribution in [0.5, 0.6) is 0 Å². The van der Waals surface area contributed by atoms with Crippen LogP contribution in [0.25, 0.3) is 22.3 Å². The van der Waals surface area contributed by atoms with Crippen LogP contribution in [0.3, 0.4) is 0 Å². The van der Waals surface area contributed by atoms with Crippen LogP contribution in [0.4, 0.5) is 0 Å². The highest BCUT2D eigenvalue weighted by Gasteiger charge is 2.56. The minimum absolute atomic E-state index is 0.195. The van der Waals surface area contributed by atoms with Gasteiger partial charge in [0.15, 0.2) is 0 Å². The summed E-state index contributed by atoms with van der Waals surface area (Å²) in [5, 5.41) is -0.546. The molecular weight excluding hydrogens is 733 g/mol. The van der Waals surface area contributed by atoms with Crippen molar-refractivity contribution in [1.29, 1.82) is 0 Å². The number of allylic oxidation sites excluding steroid dienone is 4. The highest BCUT2D eigenvalue weighted by Crippen LogP contribution is 2.62. The summed E-state index contributed by atoms with van der Waals surface area (Å²) in [5.74, 6) is 0.195. The van der Waals surface area contributed by atoms with Crippen molar-refractivity contribution >= 4 is 27.5 Å². The summed E-state index contributed by atoms with van der Waals surface area (Å²) in [4.78, 5) is 0. The molecule has 60 heavy (non-hydrogen) atoms. The predicted octanol–water partition coefficient (Wildman–Crippen LogP) is 12.0. The van der Waals surface area contributed by atoms with Gasteiger partial charge in [-0.25, -0.2) is 0 Å². The Bertz CT molecular complexity index is 2340. The van der Waals surface area contributed by atoms with Crippen LogP contribution in [0.1, 0.15) is 148 Å². The van der Waals surface area contributed by atoms with E-state index in [1.54, 1.807) is 0 Å². The van der Waals surface area contributed by atoms with Crippen LogP contribution in [0.15, 0.2) is 108 Å². The van der Waals surface area contributed by atoms with Gasteiger partial charge in [0.05, 0.1) is 35.7 Å².